The molecule has 1 aromatic carbocycles. The number of aryl methyl sites for hydroxylation is 2. The number of benzene rings is 1. The second-order valence-electron chi connectivity index (χ2n) is 6.47. The van der Waals surface area contributed by atoms with Crippen LogP contribution in [0.15, 0.2) is 30.6 Å². The maximum atomic E-state index is 12.5. The Morgan fingerprint density at radius 3 is 2.38 bits per heavy atom. The smallest absolute Gasteiger partial charge is 0.356 e. The van der Waals surface area contributed by atoms with Crippen LogP contribution >= 0.6 is 0 Å². The molecule has 2 aromatic rings. The van der Waals surface area contributed by atoms with E-state index >= 15 is 0 Å². The van der Waals surface area contributed by atoms with Crippen molar-refractivity contribution >= 4 is 11.9 Å². The third kappa shape index (κ3) is 3.99. The van der Waals surface area contributed by atoms with Gasteiger partial charge in [0.1, 0.15) is 17.5 Å². The fraction of sp³-hybridized carbons (Fsp3) is 0.368. The van der Waals surface area contributed by atoms with Gasteiger partial charge in [-0.25, -0.2) is 14.8 Å². The topological polar surface area (TPSA) is 92.6 Å². The molecule has 7 heteroatoms. The zero-order valence-corrected chi connectivity index (χ0v) is 14.8. The molecule has 1 aliphatic heterocycles. The maximum Gasteiger partial charge on any atom is 0.356 e. The third-order valence-electron chi connectivity index (χ3n) is 4.46. The van der Waals surface area contributed by atoms with E-state index in [1.807, 2.05) is 26.0 Å². The molecule has 0 unspecified atom stereocenters. The van der Waals surface area contributed by atoms with Crippen LogP contribution in [0.1, 0.15) is 44.9 Å². The molecular weight excluding hydrogens is 334 g/mol. The Morgan fingerprint density at radius 1 is 1.12 bits per heavy atom. The normalized spacial score (nSPS) is 14.9. The molecule has 1 saturated heterocycles. The van der Waals surface area contributed by atoms with E-state index < -0.39 is 5.97 Å². The van der Waals surface area contributed by atoms with Gasteiger partial charge < -0.3 is 14.7 Å². The fourth-order valence-corrected chi connectivity index (χ4v) is 2.90. The Labute approximate surface area is 151 Å². The lowest BCUT2D eigenvalue weighted by atomic mass is 10.1. The van der Waals surface area contributed by atoms with Gasteiger partial charge in [-0.2, -0.15) is 0 Å². The molecule has 1 aliphatic rings. The molecule has 1 amide bonds. The van der Waals surface area contributed by atoms with E-state index in [2.05, 4.69) is 16.0 Å². The number of likely N-dealkylation sites (tertiary alicyclic amines) is 1. The predicted octanol–water partition coefficient (Wildman–Crippen LogP) is 2.48. The van der Waals surface area contributed by atoms with Crippen LogP contribution in [-0.4, -0.2) is 51.0 Å². The van der Waals surface area contributed by atoms with Crippen LogP contribution in [0.2, 0.25) is 0 Å². The van der Waals surface area contributed by atoms with E-state index in [1.165, 1.54) is 6.20 Å². The van der Waals surface area contributed by atoms with E-state index in [9.17, 15) is 9.59 Å². The number of piperidine rings is 1. The Morgan fingerprint density at radius 2 is 1.77 bits per heavy atom. The second-order valence-corrected chi connectivity index (χ2v) is 6.47. The number of aromatic nitrogens is 2. The maximum absolute atomic E-state index is 12.5. The molecule has 1 fully saturated rings. The van der Waals surface area contributed by atoms with Crippen LogP contribution < -0.4 is 4.74 Å². The molecule has 0 bridgehead atoms. The highest BCUT2D eigenvalue weighted by atomic mass is 16.5. The standard InChI is InChI=1S/C19H21N3O4/c1-12-3-4-13(2)17(9-12)26-14-5-7-22(8-6-14)18(23)15-10-21-16(11-20-15)19(24)25/h3-4,9-11,14H,5-8H2,1-2H3,(H,24,25). The van der Waals surface area contributed by atoms with Gasteiger partial charge in [-0.1, -0.05) is 12.1 Å². The number of carboxylic acids is 1. The van der Waals surface area contributed by atoms with Crippen molar-refractivity contribution in [2.45, 2.75) is 32.8 Å². The van der Waals surface area contributed by atoms with E-state index in [0.717, 1.165) is 35.9 Å². The summed E-state index contributed by atoms with van der Waals surface area (Å²) in [6.07, 6.45) is 3.86. The predicted molar refractivity (Wildman–Crippen MR) is 94.5 cm³/mol. The summed E-state index contributed by atoms with van der Waals surface area (Å²) in [6.45, 7) is 5.19. The first-order chi connectivity index (χ1) is 12.4. The summed E-state index contributed by atoms with van der Waals surface area (Å²) >= 11 is 0. The number of amides is 1. The summed E-state index contributed by atoms with van der Waals surface area (Å²) in [5, 5.41) is 8.84. The molecule has 0 atom stereocenters. The minimum absolute atomic E-state index is 0.0695. The molecule has 0 saturated carbocycles. The lowest BCUT2D eigenvalue weighted by molar-refractivity contribution is 0.0585. The van der Waals surface area contributed by atoms with Gasteiger partial charge >= 0.3 is 5.97 Å². The number of carbonyl (C=O) groups excluding carboxylic acids is 1. The minimum atomic E-state index is -1.17. The molecule has 2 heterocycles. The third-order valence-corrected chi connectivity index (χ3v) is 4.46. The van der Waals surface area contributed by atoms with Crippen molar-refractivity contribution in [1.82, 2.24) is 14.9 Å². The number of carbonyl (C=O) groups is 2. The molecule has 3 rings (SSSR count). The second kappa shape index (κ2) is 7.51. The Hall–Kier alpha value is -2.96. The lowest BCUT2D eigenvalue weighted by Gasteiger charge is -2.32. The largest absolute Gasteiger partial charge is 0.490 e. The average molecular weight is 355 g/mol. The van der Waals surface area contributed by atoms with Crippen LogP contribution in [0.3, 0.4) is 0 Å². The first kappa shape index (κ1) is 17.8. The number of ether oxygens (including phenoxy) is 1. The molecule has 26 heavy (non-hydrogen) atoms. The SMILES string of the molecule is Cc1ccc(C)c(OC2CCN(C(=O)c3cnc(C(=O)O)cn3)CC2)c1. The summed E-state index contributed by atoms with van der Waals surface area (Å²) < 4.78 is 6.11. The van der Waals surface area contributed by atoms with Gasteiger partial charge in [0.05, 0.1) is 12.4 Å². The van der Waals surface area contributed by atoms with Gasteiger partial charge in [0.15, 0.2) is 5.69 Å². The zero-order valence-electron chi connectivity index (χ0n) is 14.8. The van der Waals surface area contributed by atoms with Crippen LogP contribution in [0, 0.1) is 13.8 Å². The van der Waals surface area contributed by atoms with Crippen molar-refractivity contribution in [3.63, 3.8) is 0 Å². The Balaban J connectivity index is 1.58. The first-order valence-corrected chi connectivity index (χ1v) is 8.52. The van der Waals surface area contributed by atoms with Crippen molar-refractivity contribution in [1.29, 1.82) is 0 Å². The van der Waals surface area contributed by atoms with Crippen LogP contribution in [0.5, 0.6) is 5.75 Å². The zero-order chi connectivity index (χ0) is 18.7. The highest BCUT2D eigenvalue weighted by Gasteiger charge is 2.26. The Kier molecular flexibility index (Phi) is 5.16. The van der Waals surface area contributed by atoms with Crippen molar-refractivity contribution in [3.8, 4) is 5.75 Å². The summed E-state index contributed by atoms with van der Waals surface area (Å²) in [6, 6.07) is 6.13. The number of hydrogen-bond acceptors (Lipinski definition) is 5. The molecule has 1 N–H and O–H groups in total. The molecule has 1 aromatic heterocycles. The summed E-state index contributed by atoms with van der Waals surface area (Å²) in [4.78, 5) is 32.7. The van der Waals surface area contributed by atoms with Gasteiger partial charge in [-0.15, -0.1) is 0 Å². The Bertz CT molecular complexity index is 812. The summed E-state index contributed by atoms with van der Waals surface area (Å²) in [7, 11) is 0. The highest BCUT2D eigenvalue weighted by Crippen LogP contribution is 2.24. The monoisotopic (exact) mass is 355 g/mol. The highest BCUT2D eigenvalue weighted by molar-refractivity contribution is 5.92. The van der Waals surface area contributed by atoms with Crippen molar-refractivity contribution < 1.29 is 19.4 Å². The first-order valence-electron chi connectivity index (χ1n) is 8.52. The number of rotatable bonds is 4. The quantitative estimate of drug-likeness (QED) is 0.906. The van der Waals surface area contributed by atoms with E-state index in [4.69, 9.17) is 9.84 Å². The molecular formula is C19H21N3O4. The van der Waals surface area contributed by atoms with Gasteiger partial charge in [0.25, 0.3) is 5.91 Å². The van der Waals surface area contributed by atoms with E-state index in [1.54, 1.807) is 4.90 Å². The summed E-state index contributed by atoms with van der Waals surface area (Å²) in [5.74, 6) is -0.509. The van der Waals surface area contributed by atoms with Crippen molar-refractivity contribution in [3.05, 3.63) is 53.1 Å². The number of carboxylic acid groups (broad SMARTS) is 1. The van der Waals surface area contributed by atoms with Gasteiger partial charge in [0.2, 0.25) is 0 Å². The molecule has 0 spiro atoms. The van der Waals surface area contributed by atoms with Gasteiger partial charge in [0, 0.05) is 25.9 Å². The van der Waals surface area contributed by atoms with Crippen molar-refractivity contribution in [2.75, 3.05) is 13.1 Å². The van der Waals surface area contributed by atoms with Gasteiger partial charge in [-0.3, -0.25) is 4.79 Å². The summed E-state index contributed by atoms with van der Waals surface area (Å²) in [5.41, 5.74) is 2.23. The number of aromatic carboxylic acids is 1. The number of nitrogens with zero attached hydrogens (tertiary/aromatic N) is 3. The lowest BCUT2D eigenvalue weighted by Crippen LogP contribution is -2.42. The fourth-order valence-electron chi connectivity index (χ4n) is 2.90. The molecule has 7 nitrogen and oxygen atoms in total. The van der Waals surface area contributed by atoms with E-state index in [-0.39, 0.29) is 23.4 Å². The molecule has 0 radical (unpaired) electrons. The molecule has 136 valence electrons. The van der Waals surface area contributed by atoms with Crippen LogP contribution in [-0.2, 0) is 0 Å². The van der Waals surface area contributed by atoms with E-state index in [0.29, 0.717) is 13.1 Å². The number of hydrogen-bond donors (Lipinski definition) is 1. The van der Waals surface area contributed by atoms with Crippen LogP contribution in [0.4, 0.5) is 0 Å². The van der Waals surface area contributed by atoms with Gasteiger partial charge in [-0.05, 0) is 31.0 Å². The van der Waals surface area contributed by atoms with Crippen molar-refractivity contribution in [2.24, 2.45) is 0 Å². The molecule has 0 aliphatic carbocycles. The minimum Gasteiger partial charge on any atom is -0.490 e. The van der Waals surface area contributed by atoms with Crippen LogP contribution in [0.25, 0.3) is 0 Å². The average Bonchev–Trinajstić information content (AvgIpc) is 2.65.